The van der Waals surface area contributed by atoms with Crippen LogP contribution in [0.2, 0.25) is 0 Å². The molecule has 0 N–H and O–H groups in total. The van der Waals surface area contributed by atoms with Gasteiger partial charge >= 0.3 is 0 Å². The summed E-state index contributed by atoms with van der Waals surface area (Å²) in [5.74, 6) is 16.3. The Morgan fingerprint density at radius 2 is 1.36 bits per heavy atom. The highest BCUT2D eigenvalue weighted by Gasteiger charge is 2.02. The Balaban J connectivity index is 4.12. The van der Waals surface area contributed by atoms with Crippen LogP contribution in [-0.4, -0.2) is 0 Å². The lowest BCUT2D eigenvalue weighted by Crippen LogP contribution is -1.98. The van der Waals surface area contributed by atoms with Crippen LogP contribution in [0.15, 0.2) is 0 Å². The van der Waals surface area contributed by atoms with Crippen molar-refractivity contribution in [3.8, 4) is 35.5 Å². The number of hydrogen-bond acceptors (Lipinski definition) is 0. The third-order valence-electron chi connectivity index (χ3n) is 0.750. The highest BCUT2D eigenvalue weighted by molar-refractivity contribution is 5.35. The van der Waals surface area contributed by atoms with E-state index in [1.165, 1.54) is 0 Å². The molecule has 0 rings (SSSR count). The summed E-state index contributed by atoms with van der Waals surface area (Å²) in [6.07, 6.45) is 0. The molecule has 56 valence electrons. The molecule has 0 heterocycles. The number of hydrogen-bond donors (Lipinski definition) is 0. The molecule has 0 amide bonds. The van der Waals surface area contributed by atoms with Crippen LogP contribution in [0.1, 0.15) is 27.7 Å². The molecule has 0 nitrogen and oxygen atoms in total. The van der Waals surface area contributed by atoms with Crippen molar-refractivity contribution >= 4 is 0 Å². The predicted octanol–water partition coefficient (Wildman–Crippen LogP) is 2.06. The average Bonchev–Trinajstić information content (AvgIpc) is 1.85. The molecule has 0 atom stereocenters. The minimum atomic E-state index is 0.0360. The van der Waals surface area contributed by atoms with E-state index in [2.05, 4.69) is 35.5 Å². The second kappa shape index (κ2) is 4.49. The molecule has 0 aliphatic heterocycles. The highest BCUT2D eigenvalue weighted by Crippen LogP contribution is 2.09. The Morgan fingerprint density at radius 1 is 0.818 bits per heavy atom. The van der Waals surface area contributed by atoms with Crippen LogP contribution in [0.4, 0.5) is 0 Å². The van der Waals surface area contributed by atoms with Crippen LogP contribution in [0.25, 0.3) is 0 Å². The zero-order valence-corrected chi connectivity index (χ0v) is 7.50. The molecule has 0 unspecified atom stereocenters. The summed E-state index contributed by atoms with van der Waals surface area (Å²) in [5, 5.41) is 0. The fraction of sp³-hybridized carbons (Fsp3) is 0.455. The van der Waals surface area contributed by atoms with Crippen molar-refractivity contribution in [1.29, 1.82) is 0 Å². The largest absolute Gasteiger partial charge is 0.0925 e. The van der Waals surface area contributed by atoms with E-state index in [-0.39, 0.29) is 5.41 Å². The fourth-order valence-corrected chi connectivity index (χ4v) is 0.344. The average molecular weight is 144 g/mol. The lowest BCUT2D eigenvalue weighted by molar-refractivity contribution is 0.571. The van der Waals surface area contributed by atoms with Gasteiger partial charge in [0.25, 0.3) is 0 Å². The van der Waals surface area contributed by atoms with Crippen molar-refractivity contribution in [2.24, 2.45) is 5.41 Å². The van der Waals surface area contributed by atoms with E-state index in [4.69, 9.17) is 0 Å². The smallest absolute Gasteiger partial charge is 0.0240 e. The summed E-state index contributed by atoms with van der Waals surface area (Å²) in [6, 6.07) is 0. The monoisotopic (exact) mass is 144 g/mol. The second-order valence-corrected chi connectivity index (χ2v) is 3.12. The van der Waals surface area contributed by atoms with Gasteiger partial charge in [0.15, 0.2) is 0 Å². The van der Waals surface area contributed by atoms with Gasteiger partial charge in [-0.2, -0.15) is 0 Å². The molecule has 0 saturated heterocycles. The van der Waals surface area contributed by atoms with Crippen molar-refractivity contribution in [3.63, 3.8) is 0 Å². The van der Waals surface area contributed by atoms with Crippen LogP contribution in [0.5, 0.6) is 0 Å². The molecule has 0 fully saturated rings. The van der Waals surface area contributed by atoms with Crippen molar-refractivity contribution in [3.05, 3.63) is 0 Å². The molecule has 0 aromatic carbocycles. The first-order valence-corrected chi connectivity index (χ1v) is 3.50. The summed E-state index contributed by atoms with van der Waals surface area (Å²) in [6.45, 7) is 7.90. The van der Waals surface area contributed by atoms with Gasteiger partial charge in [-0.25, -0.2) is 0 Å². The van der Waals surface area contributed by atoms with Gasteiger partial charge in [-0.05, 0) is 51.4 Å². The van der Waals surface area contributed by atoms with Gasteiger partial charge in [0.05, 0.1) is 0 Å². The molecular weight excluding hydrogens is 132 g/mol. The van der Waals surface area contributed by atoms with Gasteiger partial charge in [-0.3, -0.25) is 0 Å². The van der Waals surface area contributed by atoms with Crippen LogP contribution in [0.3, 0.4) is 0 Å². The van der Waals surface area contributed by atoms with Crippen molar-refractivity contribution in [1.82, 2.24) is 0 Å². The van der Waals surface area contributed by atoms with Gasteiger partial charge in [-0.15, -0.1) is 0 Å². The van der Waals surface area contributed by atoms with E-state index in [9.17, 15) is 0 Å². The summed E-state index contributed by atoms with van der Waals surface area (Å²) in [4.78, 5) is 0. The molecule has 0 aromatic heterocycles. The minimum absolute atomic E-state index is 0.0360. The molecule has 0 aliphatic rings. The van der Waals surface area contributed by atoms with Crippen molar-refractivity contribution in [2.75, 3.05) is 0 Å². The Hall–Kier alpha value is -1.32. The minimum Gasteiger partial charge on any atom is -0.0925 e. The lowest BCUT2D eigenvalue weighted by atomic mass is 9.98. The molecule has 0 radical (unpaired) electrons. The van der Waals surface area contributed by atoms with Crippen LogP contribution in [-0.2, 0) is 0 Å². The lowest BCUT2D eigenvalue weighted by Gasteiger charge is -2.05. The first-order valence-electron chi connectivity index (χ1n) is 3.50. The number of rotatable bonds is 0. The maximum absolute atomic E-state index is 2.99. The molecule has 0 saturated carbocycles. The third kappa shape index (κ3) is 8.68. The van der Waals surface area contributed by atoms with E-state index in [1.807, 2.05) is 20.8 Å². The van der Waals surface area contributed by atoms with Crippen molar-refractivity contribution in [2.45, 2.75) is 27.7 Å². The topological polar surface area (TPSA) is 0 Å². The molecule has 11 heavy (non-hydrogen) atoms. The quantitative estimate of drug-likeness (QED) is 0.456. The summed E-state index contributed by atoms with van der Waals surface area (Å²) in [5.41, 5.74) is 0.0360. The maximum atomic E-state index is 2.99. The molecule has 0 bridgehead atoms. The molecular formula is C11H12. The summed E-state index contributed by atoms with van der Waals surface area (Å²) >= 11 is 0. The van der Waals surface area contributed by atoms with E-state index in [1.54, 1.807) is 6.92 Å². The van der Waals surface area contributed by atoms with Crippen molar-refractivity contribution < 1.29 is 0 Å². The Kier molecular flexibility index (Phi) is 3.95. The van der Waals surface area contributed by atoms with Crippen LogP contribution < -0.4 is 0 Å². The molecule has 0 aliphatic carbocycles. The van der Waals surface area contributed by atoms with Gasteiger partial charge in [0.1, 0.15) is 0 Å². The standard InChI is InChI=1S/C11H12/c1-5-6-7-8-9-10-11(2,3)4/h1-4H3. The normalized spacial score (nSPS) is 7.64. The zero-order chi connectivity index (χ0) is 8.74. The van der Waals surface area contributed by atoms with E-state index < -0.39 is 0 Å². The van der Waals surface area contributed by atoms with Gasteiger partial charge < -0.3 is 0 Å². The van der Waals surface area contributed by atoms with E-state index >= 15 is 0 Å². The first-order chi connectivity index (χ1) is 5.06. The third-order valence-corrected chi connectivity index (χ3v) is 0.750. The predicted molar refractivity (Wildman–Crippen MR) is 48.5 cm³/mol. The maximum Gasteiger partial charge on any atom is 0.0240 e. The first kappa shape index (κ1) is 9.68. The SMILES string of the molecule is CC#CC#CC#CC(C)(C)C. The Bertz CT molecular complexity index is 281. The Labute approximate surface area is 69.4 Å². The van der Waals surface area contributed by atoms with Crippen LogP contribution in [0, 0.1) is 40.9 Å². The summed E-state index contributed by atoms with van der Waals surface area (Å²) in [7, 11) is 0. The Morgan fingerprint density at radius 3 is 1.82 bits per heavy atom. The highest BCUT2D eigenvalue weighted by atomic mass is 14.0. The van der Waals surface area contributed by atoms with Gasteiger partial charge in [-0.1, -0.05) is 11.8 Å². The van der Waals surface area contributed by atoms with Gasteiger partial charge in [0.2, 0.25) is 0 Å². The molecule has 0 heteroatoms. The molecule has 0 aromatic rings. The fourth-order valence-electron chi connectivity index (χ4n) is 0.344. The van der Waals surface area contributed by atoms with Crippen LogP contribution >= 0.6 is 0 Å². The van der Waals surface area contributed by atoms with E-state index in [0.29, 0.717) is 0 Å². The zero-order valence-electron chi connectivity index (χ0n) is 7.50. The second-order valence-electron chi connectivity index (χ2n) is 3.12. The van der Waals surface area contributed by atoms with Gasteiger partial charge in [0, 0.05) is 5.41 Å². The summed E-state index contributed by atoms with van der Waals surface area (Å²) < 4.78 is 0. The van der Waals surface area contributed by atoms with E-state index in [0.717, 1.165) is 0 Å². The molecule has 0 spiro atoms.